The van der Waals surface area contributed by atoms with Crippen molar-refractivity contribution in [3.63, 3.8) is 0 Å². The SMILES string of the molecule is CC(C)(C)Oc1ccc(C(=O)O)cc1. The molecule has 14 heavy (non-hydrogen) atoms. The largest absolute Gasteiger partial charge is 0.488 e. The zero-order valence-corrected chi connectivity index (χ0v) is 8.57. The number of hydrogen-bond donors (Lipinski definition) is 1. The maximum Gasteiger partial charge on any atom is 0.335 e. The van der Waals surface area contributed by atoms with E-state index in [2.05, 4.69) is 0 Å². The van der Waals surface area contributed by atoms with E-state index in [0.717, 1.165) is 0 Å². The van der Waals surface area contributed by atoms with Crippen LogP contribution in [0.1, 0.15) is 31.1 Å². The Morgan fingerprint density at radius 1 is 1.21 bits per heavy atom. The van der Waals surface area contributed by atoms with Crippen LogP contribution in [-0.2, 0) is 0 Å². The smallest absolute Gasteiger partial charge is 0.335 e. The molecule has 76 valence electrons. The van der Waals surface area contributed by atoms with Gasteiger partial charge in [0.05, 0.1) is 5.56 Å². The predicted octanol–water partition coefficient (Wildman–Crippen LogP) is 2.56. The average Bonchev–Trinajstić information content (AvgIpc) is 2.02. The van der Waals surface area contributed by atoms with E-state index in [4.69, 9.17) is 9.84 Å². The summed E-state index contributed by atoms with van der Waals surface area (Å²) >= 11 is 0. The quantitative estimate of drug-likeness (QED) is 0.787. The molecule has 1 rings (SSSR count). The van der Waals surface area contributed by atoms with Crippen LogP contribution in [0.2, 0.25) is 0 Å². The number of carboxylic acid groups (broad SMARTS) is 1. The zero-order chi connectivity index (χ0) is 10.8. The highest BCUT2D eigenvalue weighted by Gasteiger charge is 2.11. The Hall–Kier alpha value is -1.51. The van der Waals surface area contributed by atoms with Gasteiger partial charge in [0.1, 0.15) is 11.4 Å². The molecule has 1 N–H and O–H groups in total. The van der Waals surface area contributed by atoms with Crippen LogP contribution in [0, 0.1) is 0 Å². The number of ether oxygens (including phenoxy) is 1. The van der Waals surface area contributed by atoms with Gasteiger partial charge in [-0.15, -0.1) is 0 Å². The van der Waals surface area contributed by atoms with Gasteiger partial charge in [-0.2, -0.15) is 0 Å². The van der Waals surface area contributed by atoms with Crippen LogP contribution in [0.15, 0.2) is 24.3 Å². The number of rotatable bonds is 2. The van der Waals surface area contributed by atoms with Crippen LogP contribution < -0.4 is 4.74 Å². The van der Waals surface area contributed by atoms with Gasteiger partial charge in [-0.05, 0) is 45.0 Å². The lowest BCUT2D eigenvalue weighted by molar-refractivity contribution is 0.0697. The van der Waals surface area contributed by atoms with Crippen LogP contribution in [-0.4, -0.2) is 16.7 Å². The summed E-state index contributed by atoms with van der Waals surface area (Å²) in [5, 5.41) is 8.67. The first kappa shape index (κ1) is 10.6. The Kier molecular flexibility index (Phi) is 2.79. The van der Waals surface area contributed by atoms with E-state index in [-0.39, 0.29) is 11.2 Å². The van der Waals surface area contributed by atoms with Crippen molar-refractivity contribution >= 4 is 5.97 Å². The van der Waals surface area contributed by atoms with Crippen LogP contribution in [0.3, 0.4) is 0 Å². The fourth-order valence-corrected chi connectivity index (χ4v) is 1.02. The molecule has 0 bridgehead atoms. The summed E-state index contributed by atoms with van der Waals surface area (Å²) in [6, 6.07) is 6.39. The summed E-state index contributed by atoms with van der Waals surface area (Å²) in [6.45, 7) is 5.83. The fraction of sp³-hybridized carbons (Fsp3) is 0.364. The molecule has 0 amide bonds. The molecule has 0 saturated carbocycles. The van der Waals surface area contributed by atoms with Crippen LogP contribution in [0.5, 0.6) is 5.75 Å². The second-order valence-corrected chi connectivity index (χ2v) is 4.04. The van der Waals surface area contributed by atoms with Gasteiger partial charge >= 0.3 is 5.97 Å². The van der Waals surface area contributed by atoms with Crippen molar-refractivity contribution in [3.05, 3.63) is 29.8 Å². The molecule has 0 aromatic heterocycles. The molecule has 0 aliphatic carbocycles. The van der Waals surface area contributed by atoms with Crippen molar-refractivity contribution in [2.75, 3.05) is 0 Å². The lowest BCUT2D eigenvalue weighted by Gasteiger charge is -2.21. The Bertz CT molecular complexity index is 319. The first-order valence-electron chi connectivity index (χ1n) is 4.41. The second-order valence-electron chi connectivity index (χ2n) is 4.04. The van der Waals surface area contributed by atoms with Crippen molar-refractivity contribution in [1.82, 2.24) is 0 Å². The summed E-state index contributed by atoms with van der Waals surface area (Å²) in [6.07, 6.45) is 0. The van der Waals surface area contributed by atoms with Gasteiger partial charge in [-0.3, -0.25) is 0 Å². The lowest BCUT2D eigenvalue weighted by atomic mass is 10.2. The standard InChI is InChI=1S/C11H14O3/c1-11(2,3)14-9-6-4-8(5-7-9)10(12)13/h4-7H,1-3H3,(H,12,13). The first-order chi connectivity index (χ1) is 6.38. The molecular formula is C11H14O3. The van der Waals surface area contributed by atoms with Gasteiger partial charge < -0.3 is 9.84 Å². The van der Waals surface area contributed by atoms with E-state index >= 15 is 0 Å². The molecule has 0 spiro atoms. The highest BCUT2D eigenvalue weighted by atomic mass is 16.5. The molecule has 0 radical (unpaired) electrons. The molecule has 3 nitrogen and oxygen atoms in total. The highest BCUT2D eigenvalue weighted by Crippen LogP contribution is 2.18. The lowest BCUT2D eigenvalue weighted by Crippen LogP contribution is -2.22. The molecule has 0 saturated heterocycles. The minimum Gasteiger partial charge on any atom is -0.488 e. The summed E-state index contributed by atoms with van der Waals surface area (Å²) in [7, 11) is 0. The Balaban J connectivity index is 2.79. The molecule has 0 atom stereocenters. The monoisotopic (exact) mass is 194 g/mol. The molecule has 0 unspecified atom stereocenters. The third-order valence-corrected chi connectivity index (χ3v) is 1.53. The number of aromatic carboxylic acids is 1. The van der Waals surface area contributed by atoms with Gasteiger partial charge in [-0.25, -0.2) is 4.79 Å². The first-order valence-corrected chi connectivity index (χ1v) is 4.41. The zero-order valence-electron chi connectivity index (χ0n) is 8.57. The van der Waals surface area contributed by atoms with Crippen LogP contribution in [0.25, 0.3) is 0 Å². The minimum atomic E-state index is -0.924. The molecule has 3 heteroatoms. The van der Waals surface area contributed by atoms with E-state index in [1.54, 1.807) is 12.1 Å². The van der Waals surface area contributed by atoms with Crippen molar-refractivity contribution in [2.24, 2.45) is 0 Å². The summed E-state index contributed by atoms with van der Waals surface area (Å²) in [4.78, 5) is 10.6. The second kappa shape index (κ2) is 3.70. The summed E-state index contributed by atoms with van der Waals surface area (Å²) in [5.41, 5.74) is 0.0105. The third-order valence-electron chi connectivity index (χ3n) is 1.53. The van der Waals surface area contributed by atoms with E-state index in [9.17, 15) is 4.79 Å². The van der Waals surface area contributed by atoms with E-state index in [1.165, 1.54) is 12.1 Å². The van der Waals surface area contributed by atoms with Crippen molar-refractivity contribution in [3.8, 4) is 5.75 Å². The normalized spacial score (nSPS) is 11.1. The Morgan fingerprint density at radius 2 is 1.71 bits per heavy atom. The summed E-state index contributed by atoms with van der Waals surface area (Å²) < 4.78 is 5.54. The van der Waals surface area contributed by atoms with Gasteiger partial charge in [0, 0.05) is 0 Å². The molecule has 0 aliphatic heterocycles. The van der Waals surface area contributed by atoms with Crippen LogP contribution >= 0.6 is 0 Å². The van der Waals surface area contributed by atoms with E-state index < -0.39 is 5.97 Å². The van der Waals surface area contributed by atoms with E-state index in [1.807, 2.05) is 20.8 Å². The number of carbonyl (C=O) groups is 1. The summed E-state index contributed by atoms with van der Waals surface area (Å²) in [5.74, 6) is -0.241. The van der Waals surface area contributed by atoms with Crippen molar-refractivity contribution in [2.45, 2.75) is 26.4 Å². The number of carboxylic acids is 1. The molecule has 0 aliphatic rings. The van der Waals surface area contributed by atoms with Crippen molar-refractivity contribution in [1.29, 1.82) is 0 Å². The average molecular weight is 194 g/mol. The fourth-order valence-electron chi connectivity index (χ4n) is 1.02. The third kappa shape index (κ3) is 3.09. The molecule has 0 heterocycles. The topological polar surface area (TPSA) is 46.5 Å². The van der Waals surface area contributed by atoms with Crippen LogP contribution in [0.4, 0.5) is 0 Å². The van der Waals surface area contributed by atoms with Gasteiger partial charge in [0.15, 0.2) is 0 Å². The number of benzene rings is 1. The Morgan fingerprint density at radius 3 is 2.07 bits per heavy atom. The number of hydrogen-bond acceptors (Lipinski definition) is 2. The molecule has 1 aromatic rings. The predicted molar refractivity (Wildman–Crippen MR) is 53.8 cm³/mol. The Labute approximate surface area is 83.3 Å². The maximum atomic E-state index is 10.6. The molecule has 1 aromatic carbocycles. The van der Waals surface area contributed by atoms with Gasteiger partial charge in [-0.1, -0.05) is 0 Å². The maximum absolute atomic E-state index is 10.6. The highest BCUT2D eigenvalue weighted by molar-refractivity contribution is 5.87. The van der Waals surface area contributed by atoms with Crippen molar-refractivity contribution < 1.29 is 14.6 Å². The van der Waals surface area contributed by atoms with Gasteiger partial charge in [0.25, 0.3) is 0 Å². The minimum absolute atomic E-state index is 0.259. The molecule has 0 fully saturated rings. The van der Waals surface area contributed by atoms with Gasteiger partial charge in [0.2, 0.25) is 0 Å². The molecular weight excluding hydrogens is 180 g/mol. The van der Waals surface area contributed by atoms with E-state index in [0.29, 0.717) is 5.75 Å².